The third-order valence-electron chi connectivity index (χ3n) is 5.48. The molecule has 3 atom stereocenters. The van der Waals surface area contributed by atoms with Gasteiger partial charge in [0.1, 0.15) is 13.2 Å². The second-order valence-corrected chi connectivity index (χ2v) is 7.18. The fourth-order valence-electron chi connectivity index (χ4n) is 4.16. The summed E-state index contributed by atoms with van der Waals surface area (Å²) in [6.07, 6.45) is 2.09. The minimum atomic E-state index is -0.329. The smallest absolute Gasteiger partial charge is 0.410 e. The molecule has 2 fully saturated rings. The maximum Gasteiger partial charge on any atom is 0.410 e. The van der Waals surface area contributed by atoms with Crippen molar-refractivity contribution in [3.05, 3.63) is 71.8 Å². The van der Waals surface area contributed by atoms with Crippen LogP contribution in [0.3, 0.4) is 0 Å². The van der Waals surface area contributed by atoms with Crippen molar-refractivity contribution in [1.29, 1.82) is 0 Å². The number of nitrogens with zero attached hydrogens (tertiary/aromatic N) is 1. The minimum Gasteiger partial charge on any atom is -0.461 e. The SMILES string of the molecule is O=C(OCc1ccccc1)[C@@H]1C[C@H]2CC[C@H]1N2C(=O)OCc1ccccc1. The molecule has 2 aromatic carbocycles. The van der Waals surface area contributed by atoms with Crippen LogP contribution in [0, 0.1) is 5.92 Å². The zero-order valence-corrected chi connectivity index (χ0v) is 15.1. The number of esters is 1. The quantitative estimate of drug-likeness (QED) is 0.754. The van der Waals surface area contributed by atoms with E-state index in [2.05, 4.69) is 0 Å². The Labute approximate surface area is 158 Å². The fraction of sp³-hybridized carbons (Fsp3) is 0.364. The van der Waals surface area contributed by atoms with Gasteiger partial charge in [-0.15, -0.1) is 0 Å². The lowest BCUT2D eigenvalue weighted by atomic mass is 9.89. The van der Waals surface area contributed by atoms with Gasteiger partial charge < -0.3 is 14.4 Å². The van der Waals surface area contributed by atoms with Crippen LogP contribution in [0.25, 0.3) is 0 Å². The Balaban J connectivity index is 1.33. The normalized spacial score (nSPS) is 23.3. The van der Waals surface area contributed by atoms with Crippen LogP contribution in [0.4, 0.5) is 4.79 Å². The van der Waals surface area contributed by atoms with E-state index < -0.39 is 0 Å². The zero-order chi connectivity index (χ0) is 18.6. The van der Waals surface area contributed by atoms with E-state index in [-0.39, 0.29) is 43.3 Å². The maximum atomic E-state index is 12.6. The van der Waals surface area contributed by atoms with E-state index in [1.165, 1.54) is 0 Å². The Bertz CT molecular complexity index is 792. The van der Waals surface area contributed by atoms with Gasteiger partial charge in [-0.3, -0.25) is 4.79 Å². The third-order valence-corrected chi connectivity index (χ3v) is 5.48. The second-order valence-electron chi connectivity index (χ2n) is 7.18. The number of hydrogen-bond donors (Lipinski definition) is 0. The summed E-state index contributed by atoms with van der Waals surface area (Å²) in [5, 5.41) is 0. The molecule has 0 unspecified atom stereocenters. The Morgan fingerprint density at radius 1 is 0.852 bits per heavy atom. The summed E-state index contributed by atoms with van der Waals surface area (Å²) in [6.45, 7) is 0.519. The summed E-state index contributed by atoms with van der Waals surface area (Å²) in [5.41, 5.74) is 1.92. The van der Waals surface area contributed by atoms with E-state index in [1.807, 2.05) is 60.7 Å². The van der Waals surface area contributed by atoms with Gasteiger partial charge in [0.15, 0.2) is 0 Å². The monoisotopic (exact) mass is 365 g/mol. The molecule has 4 rings (SSSR count). The minimum absolute atomic E-state index is 0.0764. The first-order chi connectivity index (χ1) is 13.2. The summed E-state index contributed by atoms with van der Waals surface area (Å²) in [7, 11) is 0. The number of benzene rings is 2. The van der Waals surface area contributed by atoms with Crippen molar-refractivity contribution in [2.24, 2.45) is 5.92 Å². The van der Waals surface area contributed by atoms with Crippen molar-refractivity contribution >= 4 is 12.1 Å². The molecule has 0 aliphatic carbocycles. The van der Waals surface area contributed by atoms with Crippen LogP contribution in [0.1, 0.15) is 30.4 Å². The Kier molecular flexibility index (Phi) is 5.10. The van der Waals surface area contributed by atoms with E-state index >= 15 is 0 Å². The number of carbonyl (C=O) groups excluding carboxylic acids is 2. The summed E-state index contributed by atoms with van der Waals surface area (Å²) in [5.74, 6) is -0.469. The summed E-state index contributed by atoms with van der Waals surface area (Å²) in [4.78, 5) is 26.9. The van der Waals surface area contributed by atoms with Crippen molar-refractivity contribution in [3.8, 4) is 0 Å². The molecule has 0 spiro atoms. The molecule has 1 amide bonds. The Hall–Kier alpha value is -2.82. The van der Waals surface area contributed by atoms with Gasteiger partial charge >= 0.3 is 12.1 Å². The van der Waals surface area contributed by atoms with Crippen LogP contribution in [0.15, 0.2) is 60.7 Å². The molecule has 0 aromatic heterocycles. The first kappa shape index (κ1) is 17.6. The van der Waals surface area contributed by atoms with Crippen molar-refractivity contribution in [2.75, 3.05) is 0 Å². The van der Waals surface area contributed by atoms with Crippen molar-refractivity contribution in [2.45, 2.75) is 44.6 Å². The van der Waals surface area contributed by atoms with E-state index in [4.69, 9.17) is 9.47 Å². The number of carbonyl (C=O) groups is 2. The highest BCUT2D eigenvalue weighted by molar-refractivity contribution is 5.77. The standard InChI is InChI=1S/C22H23NO4/c24-21(26-14-16-7-3-1-4-8-16)19-13-18-11-12-20(19)23(18)22(25)27-15-17-9-5-2-6-10-17/h1-10,18-20H,11-15H2/t18-,19-,20-/m1/s1. The van der Waals surface area contributed by atoms with Crippen LogP contribution in [-0.4, -0.2) is 29.0 Å². The van der Waals surface area contributed by atoms with E-state index in [9.17, 15) is 9.59 Å². The van der Waals surface area contributed by atoms with Gasteiger partial charge in [0.2, 0.25) is 0 Å². The summed E-state index contributed by atoms with van der Waals surface area (Å²) >= 11 is 0. The van der Waals surface area contributed by atoms with Gasteiger partial charge in [-0.1, -0.05) is 60.7 Å². The topological polar surface area (TPSA) is 55.8 Å². The molecule has 2 aliphatic heterocycles. The molecule has 2 bridgehead atoms. The van der Waals surface area contributed by atoms with Crippen LogP contribution < -0.4 is 0 Å². The van der Waals surface area contributed by atoms with Gasteiger partial charge in [0, 0.05) is 12.1 Å². The predicted octanol–water partition coefficient (Wildman–Crippen LogP) is 3.92. The lowest BCUT2D eigenvalue weighted by Gasteiger charge is -2.23. The molecule has 0 N–H and O–H groups in total. The molecule has 27 heavy (non-hydrogen) atoms. The predicted molar refractivity (Wildman–Crippen MR) is 99.6 cm³/mol. The molecule has 2 saturated heterocycles. The molecule has 0 saturated carbocycles. The molecular formula is C22H23NO4. The number of rotatable bonds is 5. The van der Waals surface area contributed by atoms with E-state index in [0.29, 0.717) is 6.42 Å². The highest BCUT2D eigenvalue weighted by Gasteiger charge is 2.52. The first-order valence-corrected chi connectivity index (χ1v) is 9.42. The molecule has 0 radical (unpaired) electrons. The van der Waals surface area contributed by atoms with Gasteiger partial charge in [0.05, 0.1) is 5.92 Å². The summed E-state index contributed by atoms with van der Waals surface area (Å²) < 4.78 is 11.0. The molecule has 2 aliphatic rings. The number of fused-ring (bicyclic) bond motifs is 2. The van der Waals surface area contributed by atoms with Crippen molar-refractivity contribution < 1.29 is 19.1 Å². The first-order valence-electron chi connectivity index (χ1n) is 9.42. The highest BCUT2D eigenvalue weighted by Crippen LogP contribution is 2.42. The molecule has 2 aromatic rings. The molecule has 5 nitrogen and oxygen atoms in total. The van der Waals surface area contributed by atoms with Crippen molar-refractivity contribution in [3.63, 3.8) is 0 Å². The highest BCUT2D eigenvalue weighted by atomic mass is 16.6. The number of hydrogen-bond acceptors (Lipinski definition) is 4. The Morgan fingerprint density at radius 2 is 1.44 bits per heavy atom. The van der Waals surface area contributed by atoms with Gasteiger partial charge in [-0.05, 0) is 30.4 Å². The lowest BCUT2D eigenvalue weighted by molar-refractivity contribution is -0.150. The van der Waals surface area contributed by atoms with Gasteiger partial charge in [0.25, 0.3) is 0 Å². The second kappa shape index (κ2) is 7.82. The number of amides is 1. The Morgan fingerprint density at radius 3 is 2.07 bits per heavy atom. The molecular weight excluding hydrogens is 342 g/mol. The summed E-state index contributed by atoms with van der Waals surface area (Å²) in [6, 6.07) is 19.2. The van der Waals surface area contributed by atoms with Gasteiger partial charge in [-0.25, -0.2) is 4.79 Å². The molecule has 140 valence electrons. The average Bonchev–Trinajstić information content (AvgIpc) is 3.30. The third kappa shape index (κ3) is 3.82. The average molecular weight is 365 g/mol. The lowest BCUT2D eigenvalue weighted by Crippen LogP contribution is -2.38. The zero-order valence-electron chi connectivity index (χ0n) is 15.1. The largest absolute Gasteiger partial charge is 0.461 e. The molecule has 5 heteroatoms. The van der Waals surface area contributed by atoms with Crippen LogP contribution in [0.5, 0.6) is 0 Å². The maximum absolute atomic E-state index is 12.6. The van der Waals surface area contributed by atoms with Gasteiger partial charge in [-0.2, -0.15) is 0 Å². The van der Waals surface area contributed by atoms with Crippen LogP contribution in [0.2, 0.25) is 0 Å². The van der Waals surface area contributed by atoms with E-state index in [0.717, 1.165) is 24.0 Å². The fourth-order valence-corrected chi connectivity index (χ4v) is 4.16. The molecule has 2 heterocycles. The number of ether oxygens (including phenoxy) is 2. The van der Waals surface area contributed by atoms with Crippen molar-refractivity contribution in [1.82, 2.24) is 4.90 Å². The van der Waals surface area contributed by atoms with Crippen LogP contribution in [-0.2, 0) is 27.5 Å². The van der Waals surface area contributed by atoms with Crippen LogP contribution >= 0.6 is 0 Å². The van der Waals surface area contributed by atoms with E-state index in [1.54, 1.807) is 4.90 Å².